The minimum Gasteiger partial charge on any atom is -0.478 e. The van der Waals surface area contributed by atoms with E-state index < -0.39 is 77.8 Å². The number of ketones is 1. The summed E-state index contributed by atoms with van der Waals surface area (Å²) in [7, 11) is -11.2. The van der Waals surface area contributed by atoms with Crippen LogP contribution in [0, 0.1) is 25.7 Å². The van der Waals surface area contributed by atoms with Crippen LogP contribution in [0.15, 0.2) is 67.7 Å². The first-order valence-electron chi connectivity index (χ1n) is 31.1. The molecule has 0 spiro atoms. The highest BCUT2D eigenvalue weighted by Gasteiger charge is 2.44. The Morgan fingerprint density at radius 3 is 2.31 bits per heavy atom. The molecule has 0 radical (unpaired) electrons. The van der Waals surface area contributed by atoms with Crippen LogP contribution in [0.4, 0.5) is 4.79 Å². The number of carboxylic acids is 1. The smallest absolute Gasteiger partial charge is 0.478 e. The average Bonchev–Trinajstić information content (AvgIpc) is 0.924. The molecule has 3 heterocycles. The number of aromatic nitrogens is 2. The van der Waals surface area contributed by atoms with Gasteiger partial charge < -0.3 is 67.6 Å². The third kappa shape index (κ3) is 27.0. The van der Waals surface area contributed by atoms with E-state index in [9.17, 15) is 57.4 Å². The molecule has 540 valence electrons. The van der Waals surface area contributed by atoms with Gasteiger partial charge in [0.1, 0.15) is 41.1 Å². The first-order chi connectivity index (χ1) is 46.5. The monoisotopic (exact) mass is 1500 g/mol. The Morgan fingerprint density at radius 1 is 0.837 bits per heavy atom. The number of Topliss-reactive ketones (excluding diaryl/α,β-unsaturated/α-hetero) is 1. The first kappa shape index (κ1) is 81.8. The maximum Gasteiger partial charge on any atom is 0.490 e. The zero-order valence-electron chi connectivity index (χ0n) is 55.2. The minimum atomic E-state index is -5.79. The van der Waals surface area contributed by atoms with E-state index in [4.69, 9.17) is 51.9 Å². The van der Waals surface area contributed by atoms with Crippen molar-refractivity contribution in [1.29, 1.82) is 0 Å². The lowest BCUT2D eigenvalue weighted by Crippen LogP contribution is -2.33. The predicted molar refractivity (Wildman–Crippen MR) is 371 cm³/mol. The summed E-state index contributed by atoms with van der Waals surface area (Å²) in [5.74, 6) is 4.58. The number of H-pyrrole nitrogens is 1. The van der Waals surface area contributed by atoms with Crippen LogP contribution in [-0.2, 0) is 71.2 Å². The van der Waals surface area contributed by atoms with Gasteiger partial charge in [-0.3, -0.25) is 33.5 Å². The summed E-state index contributed by atoms with van der Waals surface area (Å²) in [4.78, 5) is 120. The minimum absolute atomic E-state index is 0.00553. The molecule has 2 aromatic carbocycles. The van der Waals surface area contributed by atoms with Crippen molar-refractivity contribution in [2.24, 2.45) is 4.99 Å². The Kier molecular flexibility index (Phi) is 33.3. The lowest BCUT2D eigenvalue weighted by atomic mass is 9.87. The lowest BCUT2D eigenvalue weighted by Gasteiger charge is -2.22. The predicted octanol–water partition coefficient (Wildman–Crippen LogP) is 10.6. The van der Waals surface area contributed by atoms with Gasteiger partial charge in [0.2, 0.25) is 0 Å². The number of alkyl carbamates (subject to hydrolysis) is 1. The molecule has 36 heteroatoms. The Bertz CT molecular complexity index is 3930. The molecule has 7 N–H and O–H groups in total. The van der Waals surface area contributed by atoms with Gasteiger partial charge in [-0.15, -0.1) is 0 Å². The van der Waals surface area contributed by atoms with E-state index in [1.165, 1.54) is 38.4 Å². The number of rotatable bonds is 42. The van der Waals surface area contributed by atoms with E-state index in [1.54, 1.807) is 29.2 Å². The number of phosphoric acid groups is 3. The molecule has 2 unspecified atom stereocenters. The number of ether oxygens (including phenoxy) is 7. The van der Waals surface area contributed by atoms with Crippen LogP contribution in [0.3, 0.4) is 0 Å². The molecule has 0 saturated carbocycles. The highest BCUT2D eigenvalue weighted by Crippen LogP contribution is 2.66. The number of aromatic amines is 1. The van der Waals surface area contributed by atoms with Crippen LogP contribution in [0.2, 0.25) is 0 Å². The largest absolute Gasteiger partial charge is 0.490 e. The highest BCUT2D eigenvalue weighted by atomic mass is 33.1. The van der Waals surface area contributed by atoms with E-state index >= 15 is 0 Å². The molecule has 5 atom stereocenters. The zero-order chi connectivity index (χ0) is 71.6. The van der Waals surface area contributed by atoms with Crippen molar-refractivity contribution in [3.05, 3.63) is 108 Å². The Labute approximate surface area is 581 Å². The summed E-state index contributed by atoms with van der Waals surface area (Å²) in [6.07, 6.45) is 3.00. The number of aryl methyl sites for hydroxylation is 3. The average molecular weight is 1510 g/mol. The number of esters is 1. The number of nitrogens with zero attached hydrogens (tertiary/aromatic N) is 2. The molecular weight excluding hydrogens is 1420 g/mol. The number of aromatic carboxylic acids is 1. The van der Waals surface area contributed by atoms with Crippen LogP contribution >= 0.6 is 66.6 Å². The van der Waals surface area contributed by atoms with E-state index in [0.717, 1.165) is 56.6 Å². The SMILES string of the molecule is CCCc1cc2oc3cc(=NCC)c(C)cc-3c(-c3cc(C(=O)CCCOCCOCCNC(=O)OCCC(C)(C)SSCOCCCCOC(=O)CCC#Cc4cn([C@H]5C[C@H](OCSSC)[C@@H](COP(=O)(O)OP(=O)(O)OP(=O)(O)O)O5)c(=O)[nH]c4=O)ccc3C(=O)O)c2cc1C. The quantitative estimate of drug-likeness (QED) is 0.00279. The summed E-state index contributed by atoms with van der Waals surface area (Å²) in [5.41, 5.74) is 4.13. The number of unbranched alkanes of at least 4 members (excludes halogenated alkanes) is 1. The van der Waals surface area contributed by atoms with E-state index in [-0.39, 0.29) is 92.9 Å². The summed E-state index contributed by atoms with van der Waals surface area (Å²) in [6, 6.07) is 12.7. The molecule has 3 aliphatic rings. The number of fused-ring (bicyclic) bond motifs is 2. The fourth-order valence-electron chi connectivity index (χ4n) is 9.80. The van der Waals surface area contributed by atoms with Gasteiger partial charge in [-0.25, -0.2) is 28.1 Å². The number of phosphoric ester groups is 1. The van der Waals surface area contributed by atoms with Crippen LogP contribution in [0.1, 0.15) is 135 Å². The van der Waals surface area contributed by atoms with Gasteiger partial charge in [0.05, 0.1) is 63.1 Å². The third-order valence-corrected chi connectivity index (χ3v) is 22.8. The number of nitrogens with one attached hydrogen (secondary N) is 2. The van der Waals surface area contributed by atoms with Gasteiger partial charge in [-0.2, -0.15) is 8.62 Å². The molecule has 1 saturated heterocycles. The van der Waals surface area contributed by atoms with Crippen molar-refractivity contribution in [1.82, 2.24) is 14.9 Å². The Morgan fingerprint density at radius 2 is 1.58 bits per heavy atom. The molecule has 3 aromatic rings. The molecule has 1 fully saturated rings. The molecule has 2 aliphatic heterocycles. The molecule has 0 bridgehead atoms. The number of carboxylic acid groups (broad SMARTS) is 1. The van der Waals surface area contributed by atoms with Gasteiger partial charge in [-0.1, -0.05) is 74.4 Å². The Hall–Kier alpha value is -5.14. The molecule has 1 amide bonds. The zero-order valence-corrected chi connectivity index (χ0v) is 61.1. The van der Waals surface area contributed by atoms with Crippen LogP contribution in [0.25, 0.3) is 33.4 Å². The lowest BCUT2D eigenvalue weighted by molar-refractivity contribution is -0.143. The fourth-order valence-corrected chi connectivity index (χ4v) is 15.9. The molecule has 1 aliphatic carbocycles. The standard InChI is InChI=1S/C62H83N4O25P3S4/c1-8-15-42-33-51-47(30-40(42)3)57(48-31-41(4)49(63-9-2)34-52(48)88-51)46-32-43(19-20-45(46)59(70)71)50(67)17-14-24-81-28-29-82-27-22-64-61(73)85-26-21-62(5,6)98-97-38-83-23-12-13-25-84-56(68)18-11-10-16-44-36-66(60(72)65-58(44)69)55-35-53(86-39-96-95-7)54(89-55)37-87-93(77,78)91-94(79,80)90-92(74,75)76/h19-20,30-34,36,53-55H,8-9,11-15,17-18,21-29,35,37-39H2,1-7H3,(H,64,73)(H,70,71)(H,77,78)(H,79,80)(H,65,69,72)(H2,74,75,76)/t53-,54+,55+/m0/s1. The maximum absolute atomic E-state index is 13.6. The van der Waals surface area contributed by atoms with Gasteiger partial charge in [0.15, 0.2) is 5.78 Å². The van der Waals surface area contributed by atoms with Crippen molar-refractivity contribution in [3.8, 4) is 34.3 Å². The normalized spacial score (nSPS) is 16.4. The van der Waals surface area contributed by atoms with Crippen molar-refractivity contribution < 1.29 is 108 Å². The van der Waals surface area contributed by atoms with Crippen molar-refractivity contribution >= 4 is 101 Å². The summed E-state index contributed by atoms with van der Waals surface area (Å²) in [5, 5.41) is 14.7. The van der Waals surface area contributed by atoms with Crippen molar-refractivity contribution in [2.75, 3.05) is 84.1 Å². The molecule has 98 heavy (non-hydrogen) atoms. The first-order valence-corrected chi connectivity index (χ1v) is 40.7. The fraction of sp³-hybridized carbons (Fsp3) is 0.532. The van der Waals surface area contributed by atoms with Gasteiger partial charge in [-0.05, 0) is 126 Å². The maximum atomic E-state index is 13.6. The number of hydrogen-bond acceptors (Lipinski definition) is 25. The molecule has 29 nitrogen and oxygen atoms in total. The molecule has 6 rings (SSSR count). The van der Waals surface area contributed by atoms with Gasteiger partial charge >= 0.3 is 47.2 Å². The van der Waals surface area contributed by atoms with Crippen LogP contribution in [0.5, 0.6) is 0 Å². The third-order valence-electron chi connectivity index (χ3n) is 14.5. The topological polar surface area (TPSA) is 405 Å². The number of carbonyl (C=O) groups is 4. The molecular formula is C62H83N4O25P3S4. The second-order valence-corrected chi connectivity index (χ2v) is 32.4. The van der Waals surface area contributed by atoms with Gasteiger partial charge in [0, 0.05) is 84.7 Å². The summed E-state index contributed by atoms with van der Waals surface area (Å²) >= 11 is 0. The highest BCUT2D eigenvalue weighted by molar-refractivity contribution is 8.77. The van der Waals surface area contributed by atoms with Crippen molar-refractivity contribution in [3.63, 3.8) is 0 Å². The molecule has 1 aromatic heterocycles. The Balaban J connectivity index is 0.798. The summed E-state index contributed by atoms with van der Waals surface area (Å²) < 4.78 is 93.9. The second kappa shape index (κ2) is 39.9. The second-order valence-electron chi connectivity index (χ2n) is 22.5. The number of hydrogen-bond donors (Lipinski definition) is 7. The van der Waals surface area contributed by atoms with Crippen LogP contribution in [-0.4, -0.2) is 159 Å². The van der Waals surface area contributed by atoms with Crippen molar-refractivity contribution in [2.45, 2.75) is 129 Å². The van der Waals surface area contributed by atoms with Gasteiger partial charge in [0.25, 0.3) is 5.56 Å². The van der Waals surface area contributed by atoms with Crippen LogP contribution < -0.4 is 21.9 Å². The number of carbonyl (C=O) groups excluding carboxylic acids is 3. The van der Waals surface area contributed by atoms with E-state index in [1.807, 2.05) is 58.9 Å². The number of amides is 1. The van der Waals surface area contributed by atoms with E-state index in [2.05, 4.69) is 42.7 Å². The number of benzene rings is 3. The summed E-state index contributed by atoms with van der Waals surface area (Å²) in [6.45, 7) is 13.9. The van der Waals surface area contributed by atoms with E-state index in [0.29, 0.717) is 79.4 Å².